The average Bonchev–Trinajstić information content (AvgIpc) is 2.63. The SMILES string of the molecule is O=C(Nc1cccnc1)c1ccc(S(=O)(=O)N2CCCCC2)cc1. The molecule has 1 aromatic heterocycles. The monoisotopic (exact) mass is 345 g/mol. The van der Waals surface area contributed by atoms with Gasteiger partial charge < -0.3 is 5.32 Å². The summed E-state index contributed by atoms with van der Waals surface area (Å²) in [6.45, 7) is 1.12. The van der Waals surface area contributed by atoms with Crippen LogP contribution in [0.2, 0.25) is 0 Å². The molecule has 1 saturated heterocycles. The highest BCUT2D eigenvalue weighted by Crippen LogP contribution is 2.21. The largest absolute Gasteiger partial charge is 0.321 e. The molecule has 0 unspecified atom stereocenters. The molecule has 1 amide bonds. The van der Waals surface area contributed by atoms with E-state index in [1.165, 1.54) is 28.6 Å². The molecule has 0 spiro atoms. The Bertz CT molecular complexity index is 799. The van der Waals surface area contributed by atoms with Crippen molar-refractivity contribution < 1.29 is 13.2 Å². The predicted molar refractivity (Wildman–Crippen MR) is 91.2 cm³/mol. The number of carbonyl (C=O) groups excluding carboxylic acids is 1. The first kappa shape index (κ1) is 16.6. The molecule has 7 heteroatoms. The van der Waals surface area contributed by atoms with Gasteiger partial charge in [-0.25, -0.2) is 8.42 Å². The van der Waals surface area contributed by atoms with Gasteiger partial charge in [0, 0.05) is 24.8 Å². The van der Waals surface area contributed by atoms with E-state index in [0.29, 0.717) is 24.3 Å². The Balaban J connectivity index is 1.74. The standard InChI is InChI=1S/C17H19N3O3S/c21-17(19-15-5-4-10-18-13-15)14-6-8-16(9-7-14)24(22,23)20-11-2-1-3-12-20/h4-10,13H,1-3,11-12H2,(H,19,21). The molecule has 1 aliphatic heterocycles. The van der Waals surface area contributed by atoms with Gasteiger partial charge in [0.2, 0.25) is 10.0 Å². The molecule has 1 aliphatic rings. The number of carbonyl (C=O) groups is 1. The van der Waals surface area contributed by atoms with Gasteiger partial charge in [-0.3, -0.25) is 9.78 Å². The van der Waals surface area contributed by atoms with Crippen LogP contribution in [0.15, 0.2) is 53.7 Å². The van der Waals surface area contributed by atoms with Crippen LogP contribution in [0, 0.1) is 0 Å². The number of nitrogens with one attached hydrogen (secondary N) is 1. The Morgan fingerprint density at radius 3 is 2.38 bits per heavy atom. The molecule has 2 heterocycles. The fraction of sp³-hybridized carbons (Fsp3) is 0.294. The van der Waals surface area contributed by atoms with Gasteiger partial charge in [0.25, 0.3) is 5.91 Å². The highest BCUT2D eigenvalue weighted by molar-refractivity contribution is 7.89. The summed E-state index contributed by atoms with van der Waals surface area (Å²) in [7, 11) is -3.47. The minimum atomic E-state index is -3.47. The molecule has 0 bridgehead atoms. The predicted octanol–water partition coefficient (Wildman–Crippen LogP) is 2.51. The summed E-state index contributed by atoms with van der Waals surface area (Å²) in [5.41, 5.74) is 0.990. The molecule has 0 saturated carbocycles. The quantitative estimate of drug-likeness (QED) is 0.923. The summed E-state index contributed by atoms with van der Waals surface area (Å²) in [5, 5.41) is 2.72. The van der Waals surface area contributed by atoms with Crippen LogP contribution in [0.1, 0.15) is 29.6 Å². The average molecular weight is 345 g/mol. The van der Waals surface area contributed by atoms with Gasteiger partial charge in [0.1, 0.15) is 0 Å². The normalized spacial score (nSPS) is 15.8. The van der Waals surface area contributed by atoms with Gasteiger partial charge in [-0.2, -0.15) is 4.31 Å². The van der Waals surface area contributed by atoms with Gasteiger partial charge >= 0.3 is 0 Å². The van der Waals surface area contributed by atoms with E-state index in [1.807, 2.05) is 0 Å². The minimum Gasteiger partial charge on any atom is -0.321 e. The number of anilines is 1. The Labute approximate surface area is 141 Å². The molecule has 24 heavy (non-hydrogen) atoms. The number of hydrogen-bond acceptors (Lipinski definition) is 4. The molecule has 1 N–H and O–H groups in total. The molecule has 6 nitrogen and oxygen atoms in total. The maximum absolute atomic E-state index is 12.6. The number of pyridine rings is 1. The smallest absolute Gasteiger partial charge is 0.255 e. The first-order valence-electron chi connectivity index (χ1n) is 7.89. The van der Waals surface area contributed by atoms with Gasteiger partial charge in [0.05, 0.1) is 16.8 Å². The van der Waals surface area contributed by atoms with Gasteiger partial charge in [-0.05, 0) is 49.2 Å². The summed E-state index contributed by atoms with van der Waals surface area (Å²) in [6, 6.07) is 9.50. The lowest BCUT2D eigenvalue weighted by Crippen LogP contribution is -2.35. The van der Waals surface area contributed by atoms with E-state index in [1.54, 1.807) is 24.5 Å². The Morgan fingerprint density at radius 1 is 1.04 bits per heavy atom. The second-order valence-corrected chi connectivity index (χ2v) is 7.62. The van der Waals surface area contributed by atoms with Crippen LogP contribution in [0.3, 0.4) is 0 Å². The summed E-state index contributed by atoms with van der Waals surface area (Å²) >= 11 is 0. The zero-order chi connectivity index (χ0) is 17.0. The highest BCUT2D eigenvalue weighted by Gasteiger charge is 2.25. The fourth-order valence-electron chi connectivity index (χ4n) is 2.67. The van der Waals surface area contributed by atoms with Gasteiger partial charge in [-0.1, -0.05) is 6.42 Å². The number of amides is 1. The zero-order valence-corrected chi connectivity index (χ0v) is 14.0. The van der Waals surface area contributed by atoms with Crippen molar-refractivity contribution in [1.29, 1.82) is 0 Å². The van der Waals surface area contributed by atoms with Crippen molar-refractivity contribution in [3.8, 4) is 0 Å². The van der Waals surface area contributed by atoms with E-state index in [0.717, 1.165) is 19.3 Å². The van der Waals surface area contributed by atoms with Crippen molar-refractivity contribution in [3.63, 3.8) is 0 Å². The summed E-state index contributed by atoms with van der Waals surface area (Å²) in [4.78, 5) is 16.3. The first-order valence-corrected chi connectivity index (χ1v) is 9.33. The summed E-state index contributed by atoms with van der Waals surface area (Å²) in [5.74, 6) is -0.301. The van der Waals surface area contributed by atoms with Crippen molar-refractivity contribution >= 4 is 21.6 Å². The molecule has 3 rings (SSSR count). The lowest BCUT2D eigenvalue weighted by molar-refractivity contribution is 0.102. The number of piperidine rings is 1. The third-order valence-electron chi connectivity index (χ3n) is 3.99. The van der Waals surface area contributed by atoms with Crippen LogP contribution in [0.25, 0.3) is 0 Å². The van der Waals surface area contributed by atoms with Crippen molar-refractivity contribution in [2.24, 2.45) is 0 Å². The molecule has 126 valence electrons. The molecular formula is C17H19N3O3S. The second-order valence-electron chi connectivity index (χ2n) is 5.68. The van der Waals surface area contributed by atoms with E-state index in [-0.39, 0.29) is 10.8 Å². The molecule has 0 radical (unpaired) electrons. The maximum Gasteiger partial charge on any atom is 0.255 e. The number of hydrogen-bond donors (Lipinski definition) is 1. The minimum absolute atomic E-state index is 0.224. The van der Waals surface area contributed by atoms with Crippen molar-refractivity contribution in [3.05, 3.63) is 54.4 Å². The number of sulfonamides is 1. The van der Waals surface area contributed by atoms with Gasteiger partial charge in [-0.15, -0.1) is 0 Å². The Hall–Kier alpha value is -2.25. The number of rotatable bonds is 4. The van der Waals surface area contributed by atoms with Crippen molar-refractivity contribution in [2.75, 3.05) is 18.4 Å². The van der Waals surface area contributed by atoms with Crippen LogP contribution >= 0.6 is 0 Å². The van der Waals surface area contributed by atoms with Crippen LogP contribution < -0.4 is 5.32 Å². The van der Waals surface area contributed by atoms with Crippen LogP contribution in [0.5, 0.6) is 0 Å². The summed E-state index contributed by atoms with van der Waals surface area (Å²) < 4.78 is 26.7. The van der Waals surface area contributed by atoms with Crippen molar-refractivity contribution in [2.45, 2.75) is 24.2 Å². The number of aromatic nitrogens is 1. The highest BCUT2D eigenvalue weighted by atomic mass is 32.2. The van der Waals surface area contributed by atoms with E-state index in [4.69, 9.17) is 0 Å². The molecule has 1 fully saturated rings. The van der Waals surface area contributed by atoms with Crippen LogP contribution in [-0.4, -0.2) is 36.7 Å². The van der Waals surface area contributed by atoms with E-state index in [2.05, 4.69) is 10.3 Å². The topological polar surface area (TPSA) is 79.4 Å². The Morgan fingerprint density at radius 2 is 1.75 bits per heavy atom. The third kappa shape index (κ3) is 3.63. The number of nitrogens with zero attached hydrogens (tertiary/aromatic N) is 2. The van der Waals surface area contributed by atoms with Crippen molar-refractivity contribution in [1.82, 2.24) is 9.29 Å². The van der Waals surface area contributed by atoms with Crippen LogP contribution in [0.4, 0.5) is 5.69 Å². The zero-order valence-electron chi connectivity index (χ0n) is 13.2. The lowest BCUT2D eigenvalue weighted by Gasteiger charge is -2.25. The molecule has 0 atom stereocenters. The first-order chi connectivity index (χ1) is 11.6. The molecule has 0 aliphatic carbocycles. The lowest BCUT2D eigenvalue weighted by atomic mass is 10.2. The van der Waals surface area contributed by atoms with Crippen LogP contribution in [-0.2, 0) is 10.0 Å². The third-order valence-corrected chi connectivity index (χ3v) is 5.90. The number of benzene rings is 1. The van der Waals surface area contributed by atoms with E-state index >= 15 is 0 Å². The van der Waals surface area contributed by atoms with E-state index in [9.17, 15) is 13.2 Å². The fourth-order valence-corrected chi connectivity index (χ4v) is 4.19. The molecule has 2 aromatic rings. The summed E-state index contributed by atoms with van der Waals surface area (Å²) in [6.07, 6.45) is 6.03. The maximum atomic E-state index is 12.6. The van der Waals surface area contributed by atoms with Gasteiger partial charge in [0.15, 0.2) is 0 Å². The molecular weight excluding hydrogens is 326 g/mol. The van der Waals surface area contributed by atoms with E-state index < -0.39 is 10.0 Å². The second kappa shape index (κ2) is 7.11. The molecule has 1 aromatic carbocycles. The Kier molecular flexibility index (Phi) is 4.92.